The standard InChI is InChI=1S/C15H16BrN5O2/c1-3-21-8-11(9(2)19-21)12-6-13(23-20-12)15(22)18-14-5-4-10(16)7-17-14/h4-5,7-8,13H,3,6H2,1-2H3,(H,17,18,22). The number of nitrogens with zero attached hydrogens (tertiary/aromatic N) is 4. The molecule has 8 heteroatoms. The fourth-order valence-electron chi connectivity index (χ4n) is 2.30. The third-order valence-electron chi connectivity index (χ3n) is 3.52. The van der Waals surface area contributed by atoms with Gasteiger partial charge in [-0.3, -0.25) is 9.48 Å². The van der Waals surface area contributed by atoms with Crippen LogP contribution in [0.5, 0.6) is 0 Å². The summed E-state index contributed by atoms with van der Waals surface area (Å²) >= 11 is 3.30. The summed E-state index contributed by atoms with van der Waals surface area (Å²) in [6.07, 6.45) is 3.31. The zero-order valence-corrected chi connectivity index (χ0v) is 14.4. The van der Waals surface area contributed by atoms with Crippen LogP contribution < -0.4 is 5.32 Å². The molecule has 0 fully saturated rings. The molecule has 0 saturated carbocycles. The van der Waals surface area contributed by atoms with Gasteiger partial charge in [-0.15, -0.1) is 0 Å². The number of amides is 1. The van der Waals surface area contributed by atoms with Crippen LogP contribution in [0.2, 0.25) is 0 Å². The van der Waals surface area contributed by atoms with E-state index in [-0.39, 0.29) is 5.91 Å². The maximum Gasteiger partial charge on any atom is 0.269 e. The van der Waals surface area contributed by atoms with Crippen molar-refractivity contribution in [2.24, 2.45) is 5.16 Å². The van der Waals surface area contributed by atoms with Gasteiger partial charge >= 0.3 is 0 Å². The second-order valence-corrected chi connectivity index (χ2v) is 6.09. The normalized spacial score (nSPS) is 16.8. The molecule has 2 aromatic rings. The maximum atomic E-state index is 12.2. The molecule has 120 valence electrons. The van der Waals surface area contributed by atoms with E-state index in [1.807, 2.05) is 30.8 Å². The van der Waals surface area contributed by atoms with E-state index >= 15 is 0 Å². The molecule has 0 radical (unpaired) electrons. The van der Waals surface area contributed by atoms with Crippen molar-refractivity contribution >= 4 is 33.4 Å². The molecule has 3 heterocycles. The smallest absolute Gasteiger partial charge is 0.269 e. The van der Waals surface area contributed by atoms with Crippen LogP contribution in [0.25, 0.3) is 0 Å². The lowest BCUT2D eigenvalue weighted by Gasteiger charge is -2.08. The van der Waals surface area contributed by atoms with Crippen molar-refractivity contribution < 1.29 is 9.63 Å². The van der Waals surface area contributed by atoms with Crippen LogP contribution in [0.3, 0.4) is 0 Å². The number of carbonyl (C=O) groups excluding carboxylic acids is 1. The van der Waals surface area contributed by atoms with Crippen molar-refractivity contribution in [3.8, 4) is 0 Å². The molecule has 0 spiro atoms. The number of aromatic nitrogens is 3. The minimum Gasteiger partial charge on any atom is -0.382 e. The zero-order valence-electron chi connectivity index (χ0n) is 12.8. The first-order valence-electron chi connectivity index (χ1n) is 7.26. The van der Waals surface area contributed by atoms with Crippen molar-refractivity contribution in [2.75, 3.05) is 5.32 Å². The van der Waals surface area contributed by atoms with E-state index in [2.05, 4.69) is 36.5 Å². The summed E-state index contributed by atoms with van der Waals surface area (Å²) in [6, 6.07) is 3.52. The van der Waals surface area contributed by atoms with Crippen LogP contribution in [0.15, 0.2) is 34.2 Å². The molecule has 2 aromatic heterocycles. The molecule has 0 saturated heterocycles. The van der Waals surface area contributed by atoms with E-state index in [1.54, 1.807) is 12.3 Å². The predicted octanol–water partition coefficient (Wildman–Crippen LogP) is 2.50. The Labute approximate surface area is 141 Å². The Morgan fingerprint density at radius 2 is 2.35 bits per heavy atom. The average molecular weight is 378 g/mol. The molecule has 1 aliphatic heterocycles. The molecule has 0 bridgehead atoms. The number of oxime groups is 1. The minimum absolute atomic E-state index is 0.265. The van der Waals surface area contributed by atoms with Crippen LogP contribution in [-0.2, 0) is 16.2 Å². The van der Waals surface area contributed by atoms with Gasteiger partial charge in [0.15, 0.2) is 0 Å². The molecule has 1 unspecified atom stereocenters. The summed E-state index contributed by atoms with van der Waals surface area (Å²) in [5.41, 5.74) is 2.54. The van der Waals surface area contributed by atoms with Gasteiger partial charge in [0, 0.05) is 35.4 Å². The Hall–Kier alpha value is -2.22. The lowest BCUT2D eigenvalue weighted by atomic mass is 10.1. The SMILES string of the molecule is CCn1cc(C2=NOC(C(=O)Nc3ccc(Br)cn3)C2)c(C)n1. The topological polar surface area (TPSA) is 81.4 Å². The number of halogens is 1. The summed E-state index contributed by atoms with van der Waals surface area (Å²) in [7, 11) is 0. The van der Waals surface area contributed by atoms with E-state index in [0.29, 0.717) is 12.2 Å². The van der Waals surface area contributed by atoms with Gasteiger partial charge in [0.1, 0.15) is 5.82 Å². The van der Waals surface area contributed by atoms with Crippen LogP contribution in [0, 0.1) is 6.92 Å². The van der Waals surface area contributed by atoms with Crippen LogP contribution in [0.4, 0.5) is 5.82 Å². The van der Waals surface area contributed by atoms with E-state index in [1.165, 1.54) is 0 Å². The number of aryl methyl sites for hydroxylation is 2. The highest BCUT2D eigenvalue weighted by atomic mass is 79.9. The van der Waals surface area contributed by atoms with Gasteiger partial charge in [-0.25, -0.2) is 4.98 Å². The maximum absolute atomic E-state index is 12.2. The van der Waals surface area contributed by atoms with Crippen molar-refractivity contribution in [2.45, 2.75) is 32.9 Å². The van der Waals surface area contributed by atoms with E-state index < -0.39 is 6.10 Å². The fraction of sp³-hybridized carbons (Fsp3) is 0.333. The summed E-state index contributed by atoms with van der Waals surface area (Å²) in [5, 5.41) is 11.2. The Morgan fingerprint density at radius 3 is 3.00 bits per heavy atom. The van der Waals surface area contributed by atoms with Crippen LogP contribution >= 0.6 is 15.9 Å². The molecule has 3 rings (SSSR count). The first kappa shape index (κ1) is 15.7. The third kappa shape index (κ3) is 3.42. The number of rotatable bonds is 4. The molecule has 23 heavy (non-hydrogen) atoms. The van der Waals surface area contributed by atoms with Crippen molar-refractivity contribution in [1.29, 1.82) is 0 Å². The highest BCUT2D eigenvalue weighted by molar-refractivity contribution is 9.10. The Morgan fingerprint density at radius 1 is 1.52 bits per heavy atom. The molecular weight excluding hydrogens is 362 g/mol. The molecule has 7 nitrogen and oxygen atoms in total. The highest BCUT2D eigenvalue weighted by Gasteiger charge is 2.30. The zero-order chi connectivity index (χ0) is 16.4. The van der Waals surface area contributed by atoms with Gasteiger partial charge in [0.05, 0.1) is 11.4 Å². The number of anilines is 1. The van der Waals surface area contributed by atoms with Gasteiger partial charge in [-0.2, -0.15) is 5.10 Å². The largest absolute Gasteiger partial charge is 0.382 e. The monoisotopic (exact) mass is 377 g/mol. The Bertz CT molecular complexity index is 754. The summed E-state index contributed by atoms with van der Waals surface area (Å²) in [6.45, 7) is 4.72. The predicted molar refractivity (Wildman–Crippen MR) is 89.2 cm³/mol. The van der Waals surface area contributed by atoms with Crippen LogP contribution in [0.1, 0.15) is 24.6 Å². The van der Waals surface area contributed by atoms with E-state index in [9.17, 15) is 4.79 Å². The second kappa shape index (κ2) is 6.49. The van der Waals surface area contributed by atoms with Gasteiger partial charge in [-0.05, 0) is 41.9 Å². The molecule has 1 aliphatic rings. The molecule has 1 atom stereocenters. The number of carbonyl (C=O) groups is 1. The van der Waals surface area contributed by atoms with Gasteiger partial charge in [0.2, 0.25) is 6.10 Å². The van der Waals surface area contributed by atoms with Gasteiger partial charge in [0.25, 0.3) is 5.91 Å². The number of hydrogen-bond acceptors (Lipinski definition) is 5. The molecule has 0 aliphatic carbocycles. The molecule has 1 N–H and O–H groups in total. The van der Waals surface area contributed by atoms with Crippen molar-refractivity contribution in [1.82, 2.24) is 14.8 Å². The minimum atomic E-state index is -0.653. The first-order valence-corrected chi connectivity index (χ1v) is 8.05. The summed E-state index contributed by atoms with van der Waals surface area (Å²) in [4.78, 5) is 21.6. The Balaban J connectivity index is 1.65. The molecule has 1 amide bonds. The van der Waals surface area contributed by atoms with Crippen LogP contribution in [-0.4, -0.2) is 32.5 Å². The Kier molecular flexibility index (Phi) is 4.42. The third-order valence-corrected chi connectivity index (χ3v) is 3.99. The van der Waals surface area contributed by atoms with E-state index in [4.69, 9.17) is 4.84 Å². The lowest BCUT2D eigenvalue weighted by Crippen LogP contribution is -2.28. The molecule has 0 aromatic carbocycles. The molecular formula is C15H16BrN5O2. The number of hydrogen-bond donors (Lipinski definition) is 1. The lowest BCUT2D eigenvalue weighted by molar-refractivity contribution is -0.125. The summed E-state index contributed by atoms with van der Waals surface area (Å²) in [5.74, 6) is 0.212. The van der Waals surface area contributed by atoms with Crippen molar-refractivity contribution in [3.63, 3.8) is 0 Å². The van der Waals surface area contributed by atoms with E-state index in [0.717, 1.165) is 28.0 Å². The van der Waals surface area contributed by atoms with Gasteiger partial charge in [-0.1, -0.05) is 5.16 Å². The second-order valence-electron chi connectivity index (χ2n) is 5.17. The fourth-order valence-corrected chi connectivity index (χ4v) is 2.53. The summed E-state index contributed by atoms with van der Waals surface area (Å²) < 4.78 is 2.69. The first-order chi connectivity index (χ1) is 11.1. The quantitative estimate of drug-likeness (QED) is 0.887. The number of nitrogens with one attached hydrogen (secondary N) is 1. The highest BCUT2D eigenvalue weighted by Crippen LogP contribution is 2.20. The van der Waals surface area contributed by atoms with Gasteiger partial charge < -0.3 is 10.2 Å². The van der Waals surface area contributed by atoms with Crippen molar-refractivity contribution in [3.05, 3.63) is 40.3 Å². The number of pyridine rings is 1. The average Bonchev–Trinajstić information content (AvgIpc) is 3.16.